The Hall–Kier alpha value is -0.900. The van der Waals surface area contributed by atoms with Crippen molar-refractivity contribution in [1.82, 2.24) is 5.32 Å². The summed E-state index contributed by atoms with van der Waals surface area (Å²) in [4.78, 5) is 0. The third-order valence-electron chi connectivity index (χ3n) is 3.17. The maximum Gasteiger partial charge on any atom is 0.0765 e. The van der Waals surface area contributed by atoms with Gasteiger partial charge in [-0.15, -0.1) is 0 Å². The Morgan fingerprint density at radius 3 is 2.61 bits per heavy atom. The molecule has 3 heteroatoms. The van der Waals surface area contributed by atoms with Gasteiger partial charge in [0.05, 0.1) is 5.60 Å². The first kappa shape index (κ1) is 15.2. The van der Waals surface area contributed by atoms with Crippen LogP contribution in [0.5, 0.6) is 0 Å². The zero-order valence-electron chi connectivity index (χ0n) is 11.6. The molecule has 0 saturated carbocycles. The quantitative estimate of drug-likeness (QED) is 0.744. The minimum Gasteiger partial charge on any atom is -0.389 e. The van der Waals surface area contributed by atoms with Gasteiger partial charge in [-0.3, -0.25) is 0 Å². The van der Waals surface area contributed by atoms with E-state index in [0.29, 0.717) is 25.5 Å². The van der Waals surface area contributed by atoms with E-state index in [0.717, 1.165) is 6.54 Å². The normalized spacial score (nSPS) is 16.2. The molecule has 3 nitrogen and oxygen atoms in total. The molecule has 0 saturated heterocycles. The maximum absolute atomic E-state index is 10.1. The molecule has 2 N–H and O–H groups in total. The molecule has 2 unspecified atom stereocenters. The highest BCUT2D eigenvalue weighted by Crippen LogP contribution is 2.14. The van der Waals surface area contributed by atoms with Crippen LogP contribution in [0.15, 0.2) is 30.3 Å². The zero-order valence-corrected chi connectivity index (χ0v) is 11.6. The van der Waals surface area contributed by atoms with E-state index in [9.17, 15) is 5.11 Å². The molecule has 0 bridgehead atoms. The monoisotopic (exact) mass is 251 g/mol. The molecular formula is C15H25NO2. The van der Waals surface area contributed by atoms with E-state index in [1.54, 1.807) is 7.11 Å². The maximum atomic E-state index is 10.1. The summed E-state index contributed by atoms with van der Waals surface area (Å²) in [6.07, 6.45) is 0.649. The lowest BCUT2D eigenvalue weighted by Gasteiger charge is -2.24. The number of rotatable bonds is 8. The molecule has 0 heterocycles. The van der Waals surface area contributed by atoms with Gasteiger partial charge in [-0.05, 0) is 18.4 Å². The van der Waals surface area contributed by atoms with Crippen LogP contribution >= 0.6 is 0 Å². The van der Waals surface area contributed by atoms with E-state index in [2.05, 4.69) is 36.5 Å². The lowest BCUT2D eigenvalue weighted by molar-refractivity contribution is 0.0249. The Kier molecular flexibility index (Phi) is 6.33. The van der Waals surface area contributed by atoms with Crippen molar-refractivity contribution in [3.8, 4) is 0 Å². The largest absolute Gasteiger partial charge is 0.389 e. The predicted octanol–water partition coefficient (Wildman–Crippen LogP) is 2.17. The number of ether oxygens (including phenoxy) is 1. The fraction of sp³-hybridized carbons (Fsp3) is 0.600. The summed E-state index contributed by atoms with van der Waals surface area (Å²) in [5.74, 6) is 0.449. The van der Waals surface area contributed by atoms with Gasteiger partial charge in [-0.2, -0.15) is 0 Å². The second-order valence-corrected chi connectivity index (χ2v) is 5.18. The number of aliphatic hydroxyl groups is 1. The molecule has 2 atom stereocenters. The van der Waals surface area contributed by atoms with Crippen molar-refractivity contribution in [2.75, 3.05) is 26.8 Å². The molecule has 1 aromatic rings. The summed E-state index contributed by atoms with van der Waals surface area (Å²) in [5, 5.41) is 13.4. The lowest BCUT2D eigenvalue weighted by Crippen LogP contribution is -2.39. The smallest absolute Gasteiger partial charge is 0.0765 e. The molecule has 1 rings (SSSR count). The molecule has 0 aliphatic carbocycles. The van der Waals surface area contributed by atoms with E-state index in [1.807, 2.05) is 13.0 Å². The van der Waals surface area contributed by atoms with Gasteiger partial charge in [0.2, 0.25) is 0 Å². The molecule has 102 valence electrons. The predicted molar refractivity (Wildman–Crippen MR) is 74.8 cm³/mol. The van der Waals surface area contributed by atoms with E-state index in [-0.39, 0.29) is 0 Å². The van der Waals surface area contributed by atoms with Crippen LogP contribution in [0, 0.1) is 0 Å². The van der Waals surface area contributed by atoms with Crippen molar-refractivity contribution < 1.29 is 9.84 Å². The van der Waals surface area contributed by atoms with E-state index >= 15 is 0 Å². The summed E-state index contributed by atoms with van der Waals surface area (Å²) >= 11 is 0. The van der Waals surface area contributed by atoms with Crippen LogP contribution in [0.2, 0.25) is 0 Å². The van der Waals surface area contributed by atoms with Crippen molar-refractivity contribution in [2.45, 2.75) is 31.8 Å². The number of benzene rings is 1. The Labute approximate surface area is 110 Å². The van der Waals surface area contributed by atoms with Gasteiger partial charge >= 0.3 is 0 Å². The second kappa shape index (κ2) is 7.52. The van der Waals surface area contributed by atoms with Gasteiger partial charge in [-0.25, -0.2) is 0 Å². The average molecular weight is 251 g/mol. The number of hydrogen-bond acceptors (Lipinski definition) is 3. The number of methoxy groups -OCH3 is 1. The first-order valence-corrected chi connectivity index (χ1v) is 6.52. The van der Waals surface area contributed by atoms with Crippen LogP contribution in [-0.4, -0.2) is 37.5 Å². The second-order valence-electron chi connectivity index (χ2n) is 5.18. The van der Waals surface area contributed by atoms with Gasteiger partial charge in [-0.1, -0.05) is 37.3 Å². The topological polar surface area (TPSA) is 41.5 Å². The summed E-state index contributed by atoms with van der Waals surface area (Å²) in [5.41, 5.74) is 0.619. The van der Waals surface area contributed by atoms with Gasteiger partial charge in [0.25, 0.3) is 0 Å². The summed E-state index contributed by atoms with van der Waals surface area (Å²) in [6, 6.07) is 10.4. The number of hydrogen-bond donors (Lipinski definition) is 2. The average Bonchev–Trinajstić information content (AvgIpc) is 2.37. The van der Waals surface area contributed by atoms with Crippen LogP contribution in [-0.2, 0) is 4.74 Å². The lowest BCUT2D eigenvalue weighted by atomic mass is 10.00. The fourth-order valence-electron chi connectivity index (χ4n) is 1.87. The van der Waals surface area contributed by atoms with Crippen LogP contribution < -0.4 is 5.32 Å². The number of nitrogens with one attached hydrogen (secondary N) is 1. The molecule has 0 amide bonds. The van der Waals surface area contributed by atoms with Gasteiger partial charge in [0, 0.05) is 33.2 Å². The standard InChI is InChI=1S/C15H25NO2/c1-13(14-7-5-4-6-8-14)11-16-12-15(2,17)9-10-18-3/h4-8,13,16-17H,9-12H2,1-3H3. The molecule has 0 aliphatic heterocycles. The van der Waals surface area contributed by atoms with Crippen LogP contribution in [0.1, 0.15) is 31.7 Å². The van der Waals surface area contributed by atoms with Crippen molar-refractivity contribution in [2.24, 2.45) is 0 Å². The molecule has 18 heavy (non-hydrogen) atoms. The zero-order chi connectivity index (χ0) is 13.4. The van der Waals surface area contributed by atoms with Crippen LogP contribution in [0.4, 0.5) is 0 Å². The SMILES string of the molecule is COCCC(C)(O)CNCC(C)c1ccccc1. The van der Waals surface area contributed by atoms with Gasteiger partial charge < -0.3 is 15.2 Å². The van der Waals surface area contributed by atoms with E-state index in [4.69, 9.17) is 4.74 Å². The third-order valence-corrected chi connectivity index (χ3v) is 3.17. The van der Waals surface area contributed by atoms with Crippen LogP contribution in [0.3, 0.4) is 0 Å². The Morgan fingerprint density at radius 1 is 1.33 bits per heavy atom. The minimum absolute atomic E-state index is 0.449. The van der Waals surface area contributed by atoms with Gasteiger partial charge in [0.15, 0.2) is 0 Å². The summed E-state index contributed by atoms with van der Waals surface area (Å²) < 4.78 is 4.99. The van der Waals surface area contributed by atoms with E-state index in [1.165, 1.54) is 5.56 Å². The van der Waals surface area contributed by atoms with Crippen molar-refractivity contribution >= 4 is 0 Å². The first-order valence-electron chi connectivity index (χ1n) is 6.52. The Balaban J connectivity index is 2.29. The van der Waals surface area contributed by atoms with Crippen molar-refractivity contribution in [1.29, 1.82) is 0 Å². The van der Waals surface area contributed by atoms with Crippen molar-refractivity contribution in [3.63, 3.8) is 0 Å². The fourth-order valence-corrected chi connectivity index (χ4v) is 1.87. The highest BCUT2D eigenvalue weighted by Gasteiger charge is 2.19. The summed E-state index contributed by atoms with van der Waals surface area (Å²) in [7, 11) is 1.65. The molecule has 0 radical (unpaired) electrons. The van der Waals surface area contributed by atoms with Gasteiger partial charge in [0.1, 0.15) is 0 Å². The molecule has 0 fully saturated rings. The molecule has 1 aromatic carbocycles. The molecular weight excluding hydrogens is 226 g/mol. The highest BCUT2D eigenvalue weighted by atomic mass is 16.5. The van der Waals surface area contributed by atoms with Crippen LogP contribution in [0.25, 0.3) is 0 Å². The van der Waals surface area contributed by atoms with E-state index < -0.39 is 5.60 Å². The molecule has 0 aromatic heterocycles. The molecule has 0 spiro atoms. The Bertz CT molecular complexity index is 325. The third kappa shape index (κ3) is 5.63. The van der Waals surface area contributed by atoms with Crippen molar-refractivity contribution in [3.05, 3.63) is 35.9 Å². The molecule has 0 aliphatic rings. The highest BCUT2D eigenvalue weighted by molar-refractivity contribution is 5.18. The first-order chi connectivity index (χ1) is 8.55. The Morgan fingerprint density at radius 2 is 2.00 bits per heavy atom. The minimum atomic E-state index is -0.702. The summed E-state index contributed by atoms with van der Waals surface area (Å²) in [6.45, 7) is 6.07.